The standard InChI is InChI=1S/C27H23FN6/c1-4-23-33-25-17-7-5-15(9-19(17)20-11-29-13-31-24(20)26(25)34-23)16-6-8-18(21(28)10-16)22-12-30-27(32-22)14(2)3/h5-14H,4H2,1-3H3,(H,30,32)(H,33,34). The van der Waals surface area contributed by atoms with Crippen molar-refractivity contribution < 1.29 is 4.39 Å². The van der Waals surface area contributed by atoms with Crippen LogP contribution in [0.1, 0.15) is 38.3 Å². The van der Waals surface area contributed by atoms with Crippen LogP contribution in [0.5, 0.6) is 0 Å². The maximum atomic E-state index is 15.2. The molecule has 7 heteroatoms. The summed E-state index contributed by atoms with van der Waals surface area (Å²) in [5, 5.41) is 2.98. The van der Waals surface area contributed by atoms with Crippen molar-refractivity contribution >= 4 is 32.7 Å². The predicted octanol–water partition coefficient (Wildman–Crippen LogP) is 6.54. The van der Waals surface area contributed by atoms with Crippen LogP contribution in [0.25, 0.3) is 55.1 Å². The topological polar surface area (TPSA) is 83.1 Å². The lowest BCUT2D eigenvalue weighted by molar-refractivity contribution is 0.631. The van der Waals surface area contributed by atoms with E-state index in [-0.39, 0.29) is 11.7 Å². The van der Waals surface area contributed by atoms with Gasteiger partial charge in [0.25, 0.3) is 0 Å². The number of aromatic amines is 2. The summed E-state index contributed by atoms with van der Waals surface area (Å²) in [6.07, 6.45) is 5.87. The molecule has 0 atom stereocenters. The molecule has 0 radical (unpaired) electrons. The molecule has 0 amide bonds. The van der Waals surface area contributed by atoms with Crippen LogP contribution in [0.2, 0.25) is 0 Å². The van der Waals surface area contributed by atoms with Gasteiger partial charge in [0, 0.05) is 34.9 Å². The Bertz CT molecular complexity index is 1690. The Hall–Kier alpha value is -4.13. The highest BCUT2D eigenvalue weighted by molar-refractivity contribution is 6.22. The highest BCUT2D eigenvalue weighted by Gasteiger charge is 2.16. The summed E-state index contributed by atoms with van der Waals surface area (Å²) >= 11 is 0. The molecule has 0 aliphatic heterocycles. The van der Waals surface area contributed by atoms with Crippen molar-refractivity contribution in [2.24, 2.45) is 0 Å². The quantitative estimate of drug-likeness (QED) is 0.299. The van der Waals surface area contributed by atoms with E-state index in [1.807, 2.05) is 18.3 Å². The van der Waals surface area contributed by atoms with Crippen LogP contribution in [0.3, 0.4) is 0 Å². The lowest BCUT2D eigenvalue weighted by Crippen LogP contribution is -1.91. The number of rotatable bonds is 4. The summed E-state index contributed by atoms with van der Waals surface area (Å²) < 4.78 is 15.2. The molecule has 6 aromatic rings. The first-order valence-electron chi connectivity index (χ1n) is 11.4. The Labute approximate surface area is 195 Å². The zero-order chi connectivity index (χ0) is 23.4. The summed E-state index contributed by atoms with van der Waals surface area (Å²) in [6, 6.07) is 11.5. The number of hydrogen-bond acceptors (Lipinski definition) is 4. The number of imidazole rings is 2. The summed E-state index contributed by atoms with van der Waals surface area (Å²) in [6.45, 7) is 6.17. The number of fused-ring (bicyclic) bond motifs is 6. The molecule has 0 bridgehead atoms. The van der Waals surface area contributed by atoms with E-state index in [2.05, 4.69) is 57.8 Å². The van der Waals surface area contributed by atoms with Crippen LogP contribution >= 0.6 is 0 Å². The normalized spacial score (nSPS) is 11.9. The monoisotopic (exact) mass is 450 g/mol. The van der Waals surface area contributed by atoms with Gasteiger partial charge >= 0.3 is 0 Å². The molecule has 0 aliphatic rings. The minimum absolute atomic E-state index is 0.252. The smallest absolute Gasteiger partial charge is 0.133 e. The molecule has 0 spiro atoms. The second kappa shape index (κ2) is 7.73. The highest BCUT2D eigenvalue weighted by Crippen LogP contribution is 2.36. The fourth-order valence-corrected chi connectivity index (χ4v) is 4.52. The maximum absolute atomic E-state index is 15.2. The molecular weight excluding hydrogens is 427 g/mol. The van der Waals surface area contributed by atoms with E-state index in [0.29, 0.717) is 11.3 Å². The largest absolute Gasteiger partial charge is 0.342 e. The molecular formula is C27H23FN6. The third-order valence-electron chi connectivity index (χ3n) is 6.34. The lowest BCUT2D eigenvalue weighted by Gasteiger charge is -2.09. The Morgan fingerprint density at radius 2 is 1.71 bits per heavy atom. The van der Waals surface area contributed by atoms with Gasteiger partial charge in [-0.3, -0.25) is 0 Å². The first kappa shape index (κ1) is 20.5. The number of aromatic nitrogens is 6. The van der Waals surface area contributed by atoms with Crippen LogP contribution in [0, 0.1) is 5.82 Å². The Kier molecular flexibility index (Phi) is 4.65. The van der Waals surface area contributed by atoms with Gasteiger partial charge in [-0.15, -0.1) is 0 Å². The molecule has 168 valence electrons. The number of nitrogens with zero attached hydrogens (tertiary/aromatic N) is 4. The van der Waals surface area contributed by atoms with Gasteiger partial charge in [-0.2, -0.15) is 0 Å². The Morgan fingerprint density at radius 1 is 0.882 bits per heavy atom. The SMILES string of the molecule is CCc1nc2c3ncncc3c3cc(-c4ccc(-c5cnc(C(C)C)[nH]5)c(F)c4)ccc3c2[nH]1. The molecule has 0 aliphatic carbocycles. The van der Waals surface area contributed by atoms with Gasteiger partial charge < -0.3 is 9.97 Å². The molecule has 3 heterocycles. The molecule has 6 rings (SSSR count). The number of halogens is 1. The zero-order valence-corrected chi connectivity index (χ0v) is 19.1. The summed E-state index contributed by atoms with van der Waals surface area (Å²) in [5.41, 5.74) is 5.54. The Balaban J connectivity index is 1.51. The second-order valence-electron chi connectivity index (χ2n) is 8.84. The molecule has 3 aromatic carbocycles. The molecule has 34 heavy (non-hydrogen) atoms. The first-order valence-corrected chi connectivity index (χ1v) is 11.4. The average molecular weight is 451 g/mol. The van der Waals surface area contributed by atoms with E-state index in [1.54, 1.807) is 24.7 Å². The second-order valence-corrected chi connectivity index (χ2v) is 8.84. The van der Waals surface area contributed by atoms with Crippen molar-refractivity contribution in [3.05, 3.63) is 72.6 Å². The summed E-state index contributed by atoms with van der Waals surface area (Å²) in [4.78, 5) is 24.6. The van der Waals surface area contributed by atoms with Gasteiger partial charge in [0.1, 0.15) is 34.8 Å². The van der Waals surface area contributed by atoms with Crippen molar-refractivity contribution in [1.82, 2.24) is 29.9 Å². The minimum atomic E-state index is -0.290. The summed E-state index contributed by atoms with van der Waals surface area (Å²) in [5.74, 6) is 1.73. The van der Waals surface area contributed by atoms with E-state index in [0.717, 1.165) is 61.9 Å². The first-order chi connectivity index (χ1) is 16.5. The molecule has 0 saturated carbocycles. The van der Waals surface area contributed by atoms with Crippen molar-refractivity contribution in [1.29, 1.82) is 0 Å². The van der Waals surface area contributed by atoms with Gasteiger partial charge in [-0.05, 0) is 34.7 Å². The van der Waals surface area contributed by atoms with Crippen molar-refractivity contribution in [2.75, 3.05) is 0 Å². The van der Waals surface area contributed by atoms with Gasteiger partial charge in [-0.1, -0.05) is 39.0 Å². The molecule has 3 aromatic heterocycles. The van der Waals surface area contributed by atoms with Crippen molar-refractivity contribution in [3.63, 3.8) is 0 Å². The van der Waals surface area contributed by atoms with Crippen LogP contribution in [-0.2, 0) is 6.42 Å². The maximum Gasteiger partial charge on any atom is 0.133 e. The number of aryl methyl sites for hydroxylation is 1. The van der Waals surface area contributed by atoms with E-state index < -0.39 is 0 Å². The molecule has 0 fully saturated rings. The number of hydrogen-bond donors (Lipinski definition) is 2. The fourth-order valence-electron chi connectivity index (χ4n) is 4.52. The van der Waals surface area contributed by atoms with E-state index in [4.69, 9.17) is 4.98 Å². The van der Waals surface area contributed by atoms with E-state index >= 15 is 4.39 Å². The van der Waals surface area contributed by atoms with Gasteiger partial charge in [-0.25, -0.2) is 24.3 Å². The Morgan fingerprint density at radius 3 is 2.47 bits per heavy atom. The van der Waals surface area contributed by atoms with E-state index in [9.17, 15) is 0 Å². The molecule has 0 saturated heterocycles. The third-order valence-corrected chi connectivity index (χ3v) is 6.34. The molecule has 6 nitrogen and oxygen atoms in total. The molecule has 0 unspecified atom stereocenters. The van der Waals surface area contributed by atoms with Crippen LogP contribution < -0.4 is 0 Å². The van der Waals surface area contributed by atoms with Gasteiger partial charge in [0.05, 0.1) is 17.4 Å². The highest BCUT2D eigenvalue weighted by atomic mass is 19.1. The zero-order valence-electron chi connectivity index (χ0n) is 19.1. The third kappa shape index (κ3) is 3.15. The predicted molar refractivity (Wildman–Crippen MR) is 133 cm³/mol. The van der Waals surface area contributed by atoms with Crippen molar-refractivity contribution in [2.45, 2.75) is 33.1 Å². The molecule has 2 N–H and O–H groups in total. The number of benzene rings is 3. The fraction of sp³-hybridized carbons (Fsp3) is 0.185. The van der Waals surface area contributed by atoms with Crippen molar-refractivity contribution in [3.8, 4) is 22.4 Å². The average Bonchev–Trinajstić information content (AvgIpc) is 3.52. The minimum Gasteiger partial charge on any atom is -0.342 e. The number of nitrogens with one attached hydrogen (secondary N) is 2. The van der Waals surface area contributed by atoms with Gasteiger partial charge in [0.15, 0.2) is 0 Å². The van der Waals surface area contributed by atoms with Crippen LogP contribution in [0.15, 0.2) is 55.1 Å². The summed E-state index contributed by atoms with van der Waals surface area (Å²) in [7, 11) is 0. The van der Waals surface area contributed by atoms with Gasteiger partial charge in [0.2, 0.25) is 0 Å². The van der Waals surface area contributed by atoms with Crippen LogP contribution in [0.4, 0.5) is 4.39 Å². The number of H-pyrrole nitrogens is 2. The lowest BCUT2D eigenvalue weighted by atomic mass is 9.97. The van der Waals surface area contributed by atoms with Crippen LogP contribution in [-0.4, -0.2) is 29.9 Å². The van der Waals surface area contributed by atoms with E-state index in [1.165, 1.54) is 0 Å².